The van der Waals surface area contributed by atoms with E-state index in [1.165, 1.54) is 5.01 Å². The second-order valence-electron chi connectivity index (χ2n) is 6.81. The molecule has 1 aromatic heterocycles. The number of benzene rings is 2. The lowest BCUT2D eigenvalue weighted by molar-refractivity contribution is -0.121. The van der Waals surface area contributed by atoms with Gasteiger partial charge in [-0.3, -0.25) is 15.2 Å². The number of pyridine rings is 1. The molecule has 0 bridgehead atoms. The highest BCUT2D eigenvalue weighted by Crippen LogP contribution is 2.29. The van der Waals surface area contributed by atoms with Crippen molar-refractivity contribution in [3.8, 4) is 5.75 Å². The Morgan fingerprint density at radius 3 is 2.60 bits per heavy atom. The van der Waals surface area contributed by atoms with Gasteiger partial charge in [-0.2, -0.15) is 0 Å². The van der Waals surface area contributed by atoms with Gasteiger partial charge in [-0.05, 0) is 61.9 Å². The number of carbonyl (C=O) groups excluding carboxylic acids is 1. The van der Waals surface area contributed by atoms with Gasteiger partial charge in [0, 0.05) is 11.1 Å². The van der Waals surface area contributed by atoms with Crippen LogP contribution in [0.5, 0.6) is 5.75 Å². The van der Waals surface area contributed by atoms with Crippen molar-refractivity contribution in [2.75, 3.05) is 12.5 Å². The first kappa shape index (κ1) is 20.2. The number of fused-ring (bicyclic) bond motifs is 1. The second-order valence-corrected chi connectivity index (χ2v) is 7.62. The molecular formula is C22H18Cl2N4O2. The van der Waals surface area contributed by atoms with E-state index in [1.54, 1.807) is 38.3 Å². The fourth-order valence-corrected chi connectivity index (χ4v) is 3.50. The zero-order chi connectivity index (χ0) is 21.4. The summed E-state index contributed by atoms with van der Waals surface area (Å²) < 4.78 is 5.33. The van der Waals surface area contributed by atoms with Gasteiger partial charge in [0.15, 0.2) is 0 Å². The number of hydrazine groups is 1. The van der Waals surface area contributed by atoms with Gasteiger partial charge < -0.3 is 4.74 Å². The van der Waals surface area contributed by atoms with E-state index in [0.717, 1.165) is 27.8 Å². The van der Waals surface area contributed by atoms with Crippen LogP contribution < -0.4 is 10.2 Å². The highest BCUT2D eigenvalue weighted by Gasteiger charge is 2.28. The quantitative estimate of drug-likeness (QED) is 0.544. The summed E-state index contributed by atoms with van der Waals surface area (Å²) in [6, 6.07) is 12.6. The molecule has 8 heteroatoms. The van der Waals surface area contributed by atoms with Crippen LogP contribution in [0.2, 0.25) is 10.0 Å². The Morgan fingerprint density at radius 2 is 1.87 bits per heavy atom. The Balaban J connectivity index is 1.68. The number of nitrogens with zero attached hydrogens (tertiary/aromatic N) is 3. The van der Waals surface area contributed by atoms with Gasteiger partial charge in [0.05, 0.1) is 28.4 Å². The maximum Gasteiger partial charge on any atom is 0.296 e. The second kappa shape index (κ2) is 7.97. The summed E-state index contributed by atoms with van der Waals surface area (Å²) in [7, 11) is 1.61. The summed E-state index contributed by atoms with van der Waals surface area (Å²) in [4.78, 5) is 22.0. The van der Waals surface area contributed by atoms with Crippen molar-refractivity contribution in [2.24, 2.45) is 4.99 Å². The monoisotopic (exact) mass is 440 g/mol. The number of hydrogen-bond donors (Lipinski definition) is 1. The standard InChI is InChI=1S/C22H18Cl2N4O2/c1-12-8-20(16-11-15(30-3)5-7-19(16)25-12)27-28-13(2)26-21(22(28)29)10-14-4-6-17(23)18(24)9-14/h4-11H,1-3H3,(H,25,27)/b21-10-. The number of amidine groups is 1. The minimum Gasteiger partial charge on any atom is -0.497 e. The molecule has 4 rings (SSSR count). The molecule has 1 aliphatic rings. The number of nitrogens with one attached hydrogen (secondary N) is 1. The van der Waals surface area contributed by atoms with Crippen LogP contribution in [0.4, 0.5) is 5.69 Å². The van der Waals surface area contributed by atoms with Crippen LogP contribution in [0.1, 0.15) is 18.2 Å². The first-order valence-corrected chi connectivity index (χ1v) is 9.90. The van der Waals surface area contributed by atoms with Crippen LogP contribution in [-0.4, -0.2) is 28.8 Å². The molecule has 2 aromatic carbocycles. The fourth-order valence-electron chi connectivity index (χ4n) is 3.20. The number of hydrogen-bond acceptors (Lipinski definition) is 5. The Morgan fingerprint density at radius 1 is 1.07 bits per heavy atom. The van der Waals surface area contributed by atoms with E-state index in [4.69, 9.17) is 27.9 Å². The summed E-state index contributed by atoms with van der Waals surface area (Å²) in [6.07, 6.45) is 1.68. The number of aromatic nitrogens is 1. The molecular weight excluding hydrogens is 423 g/mol. The molecule has 6 nitrogen and oxygen atoms in total. The molecule has 1 N–H and O–H groups in total. The third-order valence-corrected chi connectivity index (χ3v) is 5.39. The van der Waals surface area contributed by atoms with Crippen LogP contribution in [-0.2, 0) is 4.79 Å². The summed E-state index contributed by atoms with van der Waals surface area (Å²) in [6.45, 7) is 3.66. The van der Waals surface area contributed by atoms with E-state index in [9.17, 15) is 4.79 Å². The lowest BCUT2D eigenvalue weighted by atomic mass is 10.1. The number of anilines is 1. The molecule has 0 saturated heterocycles. The van der Waals surface area contributed by atoms with Crippen LogP contribution in [0.15, 0.2) is 53.2 Å². The first-order chi connectivity index (χ1) is 14.4. The molecule has 0 saturated carbocycles. The van der Waals surface area contributed by atoms with E-state index in [-0.39, 0.29) is 5.91 Å². The number of rotatable bonds is 4. The van der Waals surface area contributed by atoms with Crippen molar-refractivity contribution >= 4 is 57.6 Å². The number of amides is 1. The number of aryl methyl sites for hydroxylation is 1. The predicted octanol–water partition coefficient (Wildman–Crippen LogP) is 5.49. The van der Waals surface area contributed by atoms with E-state index >= 15 is 0 Å². The van der Waals surface area contributed by atoms with E-state index in [2.05, 4.69) is 15.4 Å². The van der Waals surface area contributed by atoms with Crippen molar-refractivity contribution in [3.05, 3.63) is 69.5 Å². The first-order valence-electron chi connectivity index (χ1n) is 9.14. The summed E-state index contributed by atoms with van der Waals surface area (Å²) in [5.41, 5.74) is 6.57. The predicted molar refractivity (Wildman–Crippen MR) is 121 cm³/mol. The molecule has 0 atom stereocenters. The number of methoxy groups -OCH3 is 1. The zero-order valence-electron chi connectivity index (χ0n) is 16.5. The molecule has 2 heterocycles. The molecule has 30 heavy (non-hydrogen) atoms. The molecule has 152 valence electrons. The normalized spacial score (nSPS) is 15.1. The Hall–Kier alpha value is -3.09. The molecule has 1 aliphatic heterocycles. The fraction of sp³-hybridized carbons (Fsp3) is 0.136. The summed E-state index contributed by atoms with van der Waals surface area (Å²) in [5, 5.41) is 3.12. The van der Waals surface area contributed by atoms with Gasteiger partial charge >= 0.3 is 0 Å². The van der Waals surface area contributed by atoms with E-state index in [1.807, 2.05) is 31.2 Å². The average Bonchev–Trinajstić information content (AvgIpc) is 2.97. The van der Waals surface area contributed by atoms with Gasteiger partial charge in [-0.25, -0.2) is 10.0 Å². The van der Waals surface area contributed by atoms with E-state index in [0.29, 0.717) is 27.3 Å². The average molecular weight is 441 g/mol. The van der Waals surface area contributed by atoms with Gasteiger partial charge in [0.25, 0.3) is 5.91 Å². The Labute approximate surface area is 183 Å². The van der Waals surface area contributed by atoms with Crippen molar-refractivity contribution in [1.82, 2.24) is 9.99 Å². The van der Waals surface area contributed by atoms with Crippen LogP contribution >= 0.6 is 23.2 Å². The van der Waals surface area contributed by atoms with Gasteiger partial charge in [0.2, 0.25) is 0 Å². The van der Waals surface area contributed by atoms with Crippen LogP contribution in [0, 0.1) is 6.92 Å². The van der Waals surface area contributed by atoms with Gasteiger partial charge in [-0.1, -0.05) is 29.3 Å². The number of halogens is 2. The number of carbonyl (C=O) groups is 1. The topological polar surface area (TPSA) is 66.8 Å². The minimum atomic E-state index is -0.274. The van der Waals surface area contributed by atoms with Crippen molar-refractivity contribution in [3.63, 3.8) is 0 Å². The van der Waals surface area contributed by atoms with Crippen molar-refractivity contribution in [2.45, 2.75) is 13.8 Å². The van der Waals surface area contributed by atoms with Crippen LogP contribution in [0.25, 0.3) is 17.0 Å². The van der Waals surface area contributed by atoms with Crippen molar-refractivity contribution in [1.29, 1.82) is 0 Å². The number of aliphatic imine (C=N–C) groups is 1. The van der Waals surface area contributed by atoms with Crippen LogP contribution in [0.3, 0.4) is 0 Å². The zero-order valence-corrected chi connectivity index (χ0v) is 18.0. The highest BCUT2D eigenvalue weighted by molar-refractivity contribution is 6.42. The van der Waals surface area contributed by atoms with Crippen molar-refractivity contribution < 1.29 is 9.53 Å². The SMILES string of the molecule is COc1ccc2nc(C)cc(NN3C(=O)/C(=C/c4ccc(Cl)c(Cl)c4)N=C3C)c2c1. The lowest BCUT2D eigenvalue weighted by Crippen LogP contribution is -2.36. The van der Waals surface area contributed by atoms with Gasteiger partial charge in [-0.15, -0.1) is 0 Å². The molecule has 0 aliphatic carbocycles. The van der Waals surface area contributed by atoms with Gasteiger partial charge in [0.1, 0.15) is 17.3 Å². The Bertz CT molecular complexity index is 1240. The van der Waals surface area contributed by atoms with E-state index < -0.39 is 0 Å². The molecule has 0 fully saturated rings. The Kier molecular flexibility index (Phi) is 5.37. The molecule has 0 spiro atoms. The maximum atomic E-state index is 13.0. The maximum absolute atomic E-state index is 13.0. The summed E-state index contributed by atoms with van der Waals surface area (Å²) in [5.74, 6) is 0.954. The smallest absolute Gasteiger partial charge is 0.296 e. The third-order valence-electron chi connectivity index (χ3n) is 4.65. The lowest BCUT2D eigenvalue weighted by Gasteiger charge is -2.20. The summed E-state index contributed by atoms with van der Waals surface area (Å²) >= 11 is 12.0. The third kappa shape index (κ3) is 3.84. The number of ether oxygens (including phenoxy) is 1. The largest absolute Gasteiger partial charge is 0.497 e. The highest BCUT2D eigenvalue weighted by atomic mass is 35.5. The molecule has 3 aromatic rings. The molecule has 1 amide bonds. The minimum absolute atomic E-state index is 0.274. The molecule has 0 radical (unpaired) electrons. The molecule has 0 unspecified atom stereocenters.